The lowest BCUT2D eigenvalue weighted by molar-refractivity contribution is -0.873. The van der Waals surface area contributed by atoms with Gasteiger partial charge in [0.05, 0.1) is 27.7 Å². The molecule has 0 aromatic heterocycles. The summed E-state index contributed by atoms with van der Waals surface area (Å²) in [6, 6.07) is 0. The van der Waals surface area contributed by atoms with Gasteiger partial charge in [-0.1, -0.05) is 147 Å². The molecule has 0 rings (SSSR count). The third-order valence-corrected chi connectivity index (χ3v) is 8.62. The molecule has 0 radical (unpaired) electrons. The van der Waals surface area contributed by atoms with E-state index in [1.165, 1.54) is 173 Å². The largest absolute Gasteiger partial charge is 0.379 e. The van der Waals surface area contributed by atoms with Crippen LogP contribution in [0.4, 0.5) is 0 Å². The minimum absolute atomic E-state index is 0.211. The fourth-order valence-electron chi connectivity index (χ4n) is 5.85. The minimum atomic E-state index is 0.211. The Balaban J connectivity index is 3.63. The quantitative estimate of drug-likeness (QED) is 0.0394. The lowest BCUT2D eigenvalue weighted by Crippen LogP contribution is -2.44. The Hall–Kier alpha value is -0.640. The number of allylic oxidation sites excluding steroid dienone is 4. The molecule has 0 N–H and O–H groups in total. The maximum atomic E-state index is 6.31. The first-order valence-electron chi connectivity index (χ1n) is 19.8. The van der Waals surface area contributed by atoms with Crippen molar-refractivity contribution in [3.05, 3.63) is 24.3 Å². The lowest BCUT2D eigenvalue weighted by atomic mass is 10.1. The van der Waals surface area contributed by atoms with Crippen molar-refractivity contribution in [2.75, 3.05) is 47.5 Å². The Morgan fingerprint density at radius 2 is 0.773 bits per heavy atom. The van der Waals surface area contributed by atoms with Gasteiger partial charge in [-0.15, -0.1) is 0 Å². The van der Waals surface area contributed by atoms with Gasteiger partial charge >= 0.3 is 0 Å². The minimum Gasteiger partial charge on any atom is -0.379 e. The van der Waals surface area contributed by atoms with Crippen LogP contribution in [0.25, 0.3) is 0 Å². The molecule has 0 spiro atoms. The van der Waals surface area contributed by atoms with Crippen molar-refractivity contribution >= 4 is 0 Å². The monoisotopic (exact) mass is 621 g/mol. The van der Waals surface area contributed by atoms with E-state index in [4.69, 9.17) is 9.47 Å². The van der Waals surface area contributed by atoms with Gasteiger partial charge in [-0.25, -0.2) is 0 Å². The summed E-state index contributed by atoms with van der Waals surface area (Å²) in [5.74, 6) is 0. The molecule has 1 unspecified atom stereocenters. The van der Waals surface area contributed by atoms with E-state index in [0.29, 0.717) is 0 Å². The summed E-state index contributed by atoms with van der Waals surface area (Å²) in [6.45, 7) is 8.09. The van der Waals surface area contributed by atoms with Crippen LogP contribution in [0.3, 0.4) is 0 Å². The van der Waals surface area contributed by atoms with Crippen molar-refractivity contribution in [2.45, 2.75) is 193 Å². The molecule has 0 saturated heterocycles. The zero-order chi connectivity index (χ0) is 32.2. The summed E-state index contributed by atoms with van der Waals surface area (Å²) in [6.07, 6.45) is 46.2. The molecule has 44 heavy (non-hydrogen) atoms. The van der Waals surface area contributed by atoms with E-state index in [-0.39, 0.29) is 6.10 Å². The summed E-state index contributed by atoms with van der Waals surface area (Å²) >= 11 is 0. The fraction of sp³-hybridized carbons (Fsp3) is 0.902. The number of nitrogens with zero attached hydrogens (tertiary/aromatic N) is 1. The Bertz CT molecular complexity index is 594. The molecule has 1 atom stereocenters. The van der Waals surface area contributed by atoms with Crippen LogP contribution in [0, 0.1) is 0 Å². The number of hydrogen-bond donors (Lipinski definition) is 0. The highest BCUT2D eigenvalue weighted by molar-refractivity contribution is 4.82. The molecular formula is C41H82NO2+. The lowest BCUT2D eigenvalue weighted by Gasteiger charge is -2.29. The van der Waals surface area contributed by atoms with Crippen molar-refractivity contribution in [3.8, 4) is 0 Å². The van der Waals surface area contributed by atoms with Gasteiger partial charge in [0.2, 0.25) is 0 Å². The molecule has 3 nitrogen and oxygen atoms in total. The molecule has 0 saturated carbocycles. The van der Waals surface area contributed by atoms with E-state index >= 15 is 0 Å². The van der Waals surface area contributed by atoms with Gasteiger partial charge in [0, 0.05) is 13.2 Å². The maximum absolute atomic E-state index is 6.31. The van der Waals surface area contributed by atoms with Crippen molar-refractivity contribution in [2.24, 2.45) is 0 Å². The zero-order valence-corrected chi connectivity index (χ0v) is 31.1. The van der Waals surface area contributed by atoms with Crippen LogP contribution < -0.4 is 0 Å². The van der Waals surface area contributed by atoms with Crippen LogP contribution in [0.5, 0.6) is 0 Å². The Kier molecular flexibility index (Phi) is 34.7. The zero-order valence-electron chi connectivity index (χ0n) is 31.1. The number of hydrogen-bond acceptors (Lipinski definition) is 2. The van der Waals surface area contributed by atoms with E-state index in [2.05, 4.69) is 59.3 Å². The molecule has 0 aliphatic rings. The third-order valence-electron chi connectivity index (χ3n) is 8.62. The van der Waals surface area contributed by atoms with Crippen LogP contribution in [-0.4, -0.2) is 58.1 Å². The molecule has 0 fully saturated rings. The molecule has 0 aliphatic heterocycles. The summed E-state index contributed by atoms with van der Waals surface area (Å²) in [5, 5.41) is 0. The van der Waals surface area contributed by atoms with Gasteiger partial charge < -0.3 is 14.0 Å². The van der Waals surface area contributed by atoms with Gasteiger partial charge in [-0.05, 0) is 64.2 Å². The summed E-state index contributed by atoms with van der Waals surface area (Å²) < 4.78 is 13.3. The fourth-order valence-corrected chi connectivity index (χ4v) is 5.85. The Labute approximate surface area is 278 Å². The standard InChI is InChI=1S/C41H82NO2/c1-6-8-10-12-14-16-18-20-22-24-25-27-29-31-33-35-37-43-40-41(39-42(3,4)5)44-38-36-34-32-30-28-26-23-21-19-17-15-13-11-9-7-2/h19-22,41H,6-18,23-40H2,1-5H3/q+1/b21-19-,22-20-. The molecular weight excluding hydrogens is 538 g/mol. The van der Waals surface area contributed by atoms with Gasteiger partial charge in [-0.3, -0.25) is 0 Å². The maximum Gasteiger partial charge on any atom is 0.130 e. The summed E-state index contributed by atoms with van der Waals surface area (Å²) in [5.41, 5.74) is 0. The summed E-state index contributed by atoms with van der Waals surface area (Å²) in [4.78, 5) is 0. The summed E-state index contributed by atoms with van der Waals surface area (Å²) in [7, 11) is 6.76. The molecule has 0 heterocycles. The number of quaternary nitrogens is 1. The average Bonchev–Trinajstić information content (AvgIpc) is 2.99. The smallest absolute Gasteiger partial charge is 0.130 e. The first-order chi connectivity index (χ1) is 21.5. The molecule has 0 amide bonds. The predicted molar refractivity (Wildman–Crippen MR) is 198 cm³/mol. The van der Waals surface area contributed by atoms with Crippen molar-refractivity contribution in [3.63, 3.8) is 0 Å². The van der Waals surface area contributed by atoms with E-state index in [1.807, 2.05) is 0 Å². The molecule has 3 heteroatoms. The first-order valence-corrected chi connectivity index (χ1v) is 19.8. The molecule has 0 aliphatic carbocycles. The normalized spacial score (nSPS) is 13.1. The van der Waals surface area contributed by atoms with Crippen molar-refractivity contribution < 1.29 is 14.0 Å². The third kappa shape index (κ3) is 37.5. The second kappa shape index (κ2) is 35.2. The highest BCUT2D eigenvalue weighted by atomic mass is 16.5. The molecule has 0 aromatic rings. The highest BCUT2D eigenvalue weighted by Crippen LogP contribution is 2.12. The van der Waals surface area contributed by atoms with E-state index < -0.39 is 0 Å². The van der Waals surface area contributed by atoms with Crippen LogP contribution >= 0.6 is 0 Å². The van der Waals surface area contributed by atoms with E-state index in [1.54, 1.807) is 0 Å². The first kappa shape index (κ1) is 43.4. The van der Waals surface area contributed by atoms with E-state index in [9.17, 15) is 0 Å². The topological polar surface area (TPSA) is 18.5 Å². The second-order valence-electron chi connectivity index (χ2n) is 14.6. The Morgan fingerprint density at radius 3 is 1.16 bits per heavy atom. The highest BCUT2D eigenvalue weighted by Gasteiger charge is 2.19. The number of unbranched alkanes of at least 4 members (excludes halogenated alkanes) is 23. The molecule has 0 bridgehead atoms. The van der Waals surface area contributed by atoms with Crippen molar-refractivity contribution in [1.29, 1.82) is 0 Å². The van der Waals surface area contributed by atoms with Gasteiger partial charge in [0.25, 0.3) is 0 Å². The van der Waals surface area contributed by atoms with Gasteiger partial charge in [-0.2, -0.15) is 0 Å². The van der Waals surface area contributed by atoms with Gasteiger partial charge in [0.15, 0.2) is 0 Å². The van der Waals surface area contributed by atoms with Crippen molar-refractivity contribution in [1.82, 2.24) is 0 Å². The van der Waals surface area contributed by atoms with Crippen LogP contribution in [0.2, 0.25) is 0 Å². The van der Waals surface area contributed by atoms with Crippen LogP contribution in [0.1, 0.15) is 187 Å². The van der Waals surface area contributed by atoms with E-state index in [0.717, 1.165) is 30.8 Å². The van der Waals surface area contributed by atoms with Gasteiger partial charge in [0.1, 0.15) is 12.6 Å². The predicted octanol–water partition coefficient (Wildman–Crippen LogP) is 12.8. The molecule has 262 valence electrons. The second-order valence-corrected chi connectivity index (χ2v) is 14.6. The number of rotatable bonds is 36. The Morgan fingerprint density at radius 1 is 0.432 bits per heavy atom. The van der Waals surface area contributed by atoms with Crippen LogP contribution in [0.15, 0.2) is 24.3 Å². The molecule has 0 aromatic carbocycles. The average molecular weight is 621 g/mol. The number of ether oxygens (including phenoxy) is 2. The van der Waals surface area contributed by atoms with Crippen LogP contribution in [-0.2, 0) is 9.47 Å². The number of likely N-dealkylation sites (N-methyl/N-ethyl adjacent to an activating group) is 1. The SMILES string of the molecule is CCCCCCC/C=C\CCCCCCCCOC(COCCCCCCCC/C=C\CCCCCCCC)C[N+](C)(C)C.